The van der Waals surface area contributed by atoms with Crippen molar-refractivity contribution in [3.8, 4) is 0 Å². The zero-order chi connectivity index (χ0) is 23.0. The molecule has 168 valence electrons. The van der Waals surface area contributed by atoms with Gasteiger partial charge in [0, 0.05) is 27.5 Å². The number of nitro groups is 1. The van der Waals surface area contributed by atoms with E-state index in [1.807, 2.05) is 65.0 Å². The molecule has 0 heterocycles. The Balaban J connectivity index is 0.000000431. The number of nitrogen functional groups attached to an aromatic ring is 2. The van der Waals surface area contributed by atoms with Crippen molar-refractivity contribution in [3.63, 3.8) is 0 Å². The molecule has 0 radical (unpaired) electrons. The van der Waals surface area contributed by atoms with Crippen LogP contribution in [0.5, 0.6) is 0 Å². The average Bonchev–Trinajstić information content (AvgIpc) is 2.66. The normalized spacial score (nSPS) is 9.39. The van der Waals surface area contributed by atoms with Crippen LogP contribution in [0.1, 0.15) is 40.8 Å². The molecule has 0 amide bonds. The van der Waals surface area contributed by atoms with E-state index in [4.69, 9.17) is 11.5 Å². The summed E-state index contributed by atoms with van der Waals surface area (Å²) in [5.74, 6) is 0. The number of nitrogens with zero attached hydrogens (tertiary/aromatic N) is 1. The number of nitrogens with two attached hydrogens (primary N) is 2. The lowest BCUT2D eigenvalue weighted by molar-refractivity contribution is -0.385. The maximum atomic E-state index is 10.4. The van der Waals surface area contributed by atoms with E-state index in [0.717, 1.165) is 32.5 Å². The zero-order valence-electron chi connectivity index (χ0n) is 18.4. The van der Waals surface area contributed by atoms with Gasteiger partial charge in [0.15, 0.2) is 0 Å². The van der Waals surface area contributed by atoms with Gasteiger partial charge in [-0.3, -0.25) is 10.1 Å². The lowest BCUT2D eigenvalue weighted by Crippen LogP contribution is -1.91. The number of aryl methyl sites for hydroxylation is 6. The summed E-state index contributed by atoms with van der Waals surface area (Å²) >= 11 is 3.42. The molecule has 3 aromatic carbocycles. The summed E-state index contributed by atoms with van der Waals surface area (Å²) in [6.07, 6.45) is 0. The van der Waals surface area contributed by atoms with Gasteiger partial charge in [0.2, 0.25) is 0 Å². The molecule has 0 aliphatic heterocycles. The highest BCUT2D eigenvalue weighted by Gasteiger charge is 2.08. The van der Waals surface area contributed by atoms with Crippen LogP contribution < -0.4 is 11.5 Å². The summed E-state index contributed by atoms with van der Waals surface area (Å²) in [5, 5.41) is 10.4. The third-order valence-corrected chi connectivity index (χ3v) is 5.40. The molecular weight excluding hydrogens is 454 g/mol. The van der Waals surface area contributed by atoms with Crippen LogP contribution in [0.25, 0.3) is 0 Å². The number of halogens is 1. The summed E-state index contributed by atoms with van der Waals surface area (Å²) in [5.41, 5.74) is 19.5. The van der Waals surface area contributed by atoms with Gasteiger partial charge in [-0.1, -0.05) is 47.6 Å². The molecule has 0 fully saturated rings. The zero-order valence-corrected chi connectivity index (χ0v) is 20.0. The first kappa shape index (κ1) is 28.1. The second-order valence-electron chi connectivity index (χ2n) is 7.37. The van der Waals surface area contributed by atoms with Crippen molar-refractivity contribution in [2.75, 3.05) is 11.5 Å². The van der Waals surface area contributed by atoms with Crippen LogP contribution >= 0.6 is 15.9 Å². The third kappa shape index (κ3) is 9.22. The van der Waals surface area contributed by atoms with Gasteiger partial charge in [0.05, 0.1) is 4.92 Å². The van der Waals surface area contributed by atoms with Crippen LogP contribution in [0.2, 0.25) is 0 Å². The maximum Gasteiger partial charge on any atom is 0.272 e. The average molecular weight is 488 g/mol. The van der Waals surface area contributed by atoms with E-state index in [1.165, 1.54) is 11.1 Å². The van der Waals surface area contributed by atoms with Crippen LogP contribution in [0.3, 0.4) is 0 Å². The van der Waals surface area contributed by atoms with Gasteiger partial charge in [-0.25, -0.2) is 0 Å². The predicted molar refractivity (Wildman–Crippen MR) is 138 cm³/mol. The Labute approximate surface area is 194 Å². The van der Waals surface area contributed by atoms with Crippen molar-refractivity contribution in [2.24, 2.45) is 0 Å². The van der Waals surface area contributed by atoms with Gasteiger partial charge in [-0.15, -0.1) is 0 Å². The molecule has 0 saturated heterocycles. The lowest BCUT2D eigenvalue weighted by Gasteiger charge is -2.02. The predicted octanol–water partition coefficient (Wildman–Crippen LogP) is 7.38. The lowest BCUT2D eigenvalue weighted by atomic mass is 10.1. The minimum atomic E-state index is -0.359. The van der Waals surface area contributed by atoms with Crippen molar-refractivity contribution in [3.05, 3.63) is 96.5 Å². The molecule has 0 bridgehead atoms. The Morgan fingerprint density at radius 2 is 1.19 bits per heavy atom. The van der Waals surface area contributed by atoms with Crippen LogP contribution in [0.4, 0.5) is 17.1 Å². The standard InChI is InChI=1S/C8H10BrN.C8H9NO2.C8H11N.CH4/c1-5-4-8(10)6(2)3-7(5)9;1-6-3-4-7(2)8(5-6)9(10)11;1-6-3-4-7(2)8(9)5-6;/h3-4H,10H2,1-2H3;3-5H,1-2H3;3-5H,9H2,1-2H3;1H4. The molecule has 5 nitrogen and oxygen atoms in total. The minimum absolute atomic E-state index is 0. The number of hydrogen-bond acceptors (Lipinski definition) is 4. The Morgan fingerprint density at radius 3 is 1.61 bits per heavy atom. The van der Waals surface area contributed by atoms with Gasteiger partial charge in [0.1, 0.15) is 0 Å². The van der Waals surface area contributed by atoms with E-state index in [2.05, 4.69) is 22.0 Å². The Hall–Kier alpha value is -2.86. The second kappa shape index (κ2) is 12.7. The molecule has 6 heteroatoms. The summed E-state index contributed by atoms with van der Waals surface area (Å²) in [6, 6.07) is 15.3. The first-order chi connectivity index (χ1) is 13.9. The first-order valence-corrected chi connectivity index (χ1v) is 10.3. The highest BCUT2D eigenvalue weighted by Crippen LogP contribution is 2.22. The summed E-state index contributed by atoms with van der Waals surface area (Å²) in [6.45, 7) is 11.6. The minimum Gasteiger partial charge on any atom is -0.399 e. The van der Waals surface area contributed by atoms with Gasteiger partial charge in [-0.2, -0.15) is 0 Å². The quantitative estimate of drug-likeness (QED) is 0.212. The van der Waals surface area contributed by atoms with Crippen molar-refractivity contribution in [2.45, 2.75) is 49.0 Å². The number of nitro benzene ring substituents is 1. The second-order valence-corrected chi connectivity index (χ2v) is 8.22. The van der Waals surface area contributed by atoms with Crippen molar-refractivity contribution < 1.29 is 4.92 Å². The number of benzene rings is 3. The molecule has 4 N–H and O–H groups in total. The van der Waals surface area contributed by atoms with E-state index in [9.17, 15) is 10.1 Å². The SMILES string of the molecule is C.Cc1cc(Br)c(C)cc1N.Cc1ccc(C)c(N)c1.Cc1ccc(C)c([N+](=O)[O-])c1. The highest BCUT2D eigenvalue weighted by molar-refractivity contribution is 9.10. The molecule has 0 spiro atoms. The molecule has 0 unspecified atom stereocenters. The molecular formula is C25H34BrN3O2. The molecule has 0 aliphatic carbocycles. The summed E-state index contributed by atoms with van der Waals surface area (Å²) in [4.78, 5) is 10.0. The number of rotatable bonds is 1. The summed E-state index contributed by atoms with van der Waals surface area (Å²) in [7, 11) is 0. The van der Waals surface area contributed by atoms with E-state index >= 15 is 0 Å². The number of anilines is 2. The fourth-order valence-corrected chi connectivity index (χ4v) is 2.94. The molecule has 0 saturated carbocycles. The van der Waals surface area contributed by atoms with Crippen LogP contribution in [0, 0.1) is 51.7 Å². The molecule has 0 aromatic heterocycles. The van der Waals surface area contributed by atoms with E-state index in [1.54, 1.807) is 19.1 Å². The smallest absolute Gasteiger partial charge is 0.272 e. The van der Waals surface area contributed by atoms with Crippen molar-refractivity contribution >= 4 is 33.0 Å². The van der Waals surface area contributed by atoms with Crippen molar-refractivity contribution in [1.29, 1.82) is 0 Å². The van der Waals surface area contributed by atoms with E-state index in [-0.39, 0.29) is 18.0 Å². The van der Waals surface area contributed by atoms with Gasteiger partial charge < -0.3 is 11.5 Å². The fraction of sp³-hybridized carbons (Fsp3) is 0.280. The van der Waals surface area contributed by atoms with Crippen LogP contribution in [0.15, 0.2) is 53.0 Å². The first-order valence-electron chi connectivity index (χ1n) is 9.49. The Morgan fingerprint density at radius 1 is 0.710 bits per heavy atom. The monoisotopic (exact) mass is 487 g/mol. The fourth-order valence-electron chi connectivity index (χ4n) is 2.48. The number of hydrogen-bond donors (Lipinski definition) is 2. The molecule has 3 rings (SSSR count). The van der Waals surface area contributed by atoms with Crippen LogP contribution in [-0.2, 0) is 0 Å². The molecule has 0 aliphatic rings. The summed E-state index contributed by atoms with van der Waals surface area (Å²) < 4.78 is 1.12. The topological polar surface area (TPSA) is 95.2 Å². The molecule has 3 aromatic rings. The van der Waals surface area contributed by atoms with E-state index in [0.29, 0.717) is 5.56 Å². The Kier molecular flexibility index (Phi) is 11.6. The van der Waals surface area contributed by atoms with Crippen molar-refractivity contribution in [1.82, 2.24) is 0 Å². The van der Waals surface area contributed by atoms with Gasteiger partial charge in [0.25, 0.3) is 5.69 Å². The van der Waals surface area contributed by atoms with Crippen LogP contribution in [-0.4, -0.2) is 4.92 Å². The van der Waals surface area contributed by atoms with Gasteiger partial charge >= 0.3 is 0 Å². The maximum absolute atomic E-state index is 10.4. The Bertz CT molecular complexity index is 983. The molecule has 31 heavy (non-hydrogen) atoms. The third-order valence-electron chi connectivity index (χ3n) is 4.54. The molecule has 0 atom stereocenters. The van der Waals surface area contributed by atoms with Gasteiger partial charge in [-0.05, 0) is 87.6 Å². The largest absolute Gasteiger partial charge is 0.399 e. The highest BCUT2D eigenvalue weighted by atomic mass is 79.9. The van der Waals surface area contributed by atoms with E-state index < -0.39 is 0 Å².